The molecule has 0 rings (SSSR count). The fraction of sp³-hybridized carbons (Fsp3) is 0.944. The fourth-order valence-corrected chi connectivity index (χ4v) is 3.93. The van der Waals surface area contributed by atoms with Crippen molar-refractivity contribution < 1.29 is 27.7 Å². The number of carbonyl (C=O) groups excluding carboxylic acids is 1. The van der Waals surface area contributed by atoms with E-state index < -0.39 is 19.0 Å². The van der Waals surface area contributed by atoms with Crippen molar-refractivity contribution in [1.82, 2.24) is 0 Å². The maximum Gasteiger partial charge on any atom is 0.475 e. The lowest BCUT2D eigenvalue weighted by Crippen LogP contribution is -2.25. The lowest BCUT2D eigenvalue weighted by molar-refractivity contribution is -0.150. The molecule has 0 aromatic carbocycles. The van der Waals surface area contributed by atoms with Gasteiger partial charge in [0.2, 0.25) is 0 Å². The number of hydrogen-bond acceptors (Lipinski definition) is 6. The predicted octanol–water partition coefficient (Wildman–Crippen LogP) is 5.36. The second-order valence-electron chi connectivity index (χ2n) is 8.59. The summed E-state index contributed by atoms with van der Waals surface area (Å²) in [5, 5.41) is 0. The van der Waals surface area contributed by atoms with Crippen molar-refractivity contribution in [3.05, 3.63) is 0 Å². The highest BCUT2D eigenvalue weighted by atomic mass is 31.2. The average Bonchev–Trinajstić information content (AvgIpc) is 2.36. The summed E-state index contributed by atoms with van der Waals surface area (Å²) in [6.45, 7) is 16.7. The SMILES string of the molecule is CCC(CC(C)C)C(=O)OCCOP(=O)(OC(C)(C)C)OC(C)(C)C. The maximum atomic E-state index is 12.8. The lowest BCUT2D eigenvalue weighted by atomic mass is 9.95. The van der Waals surface area contributed by atoms with Crippen LogP contribution in [0.3, 0.4) is 0 Å². The second kappa shape index (κ2) is 10.1. The molecule has 150 valence electrons. The fourth-order valence-electron chi connectivity index (χ4n) is 2.15. The van der Waals surface area contributed by atoms with Gasteiger partial charge >= 0.3 is 13.8 Å². The minimum atomic E-state index is -3.77. The van der Waals surface area contributed by atoms with E-state index in [2.05, 4.69) is 13.8 Å². The highest BCUT2D eigenvalue weighted by Gasteiger charge is 2.37. The summed E-state index contributed by atoms with van der Waals surface area (Å²) in [6, 6.07) is 0. The summed E-state index contributed by atoms with van der Waals surface area (Å²) in [4.78, 5) is 12.1. The van der Waals surface area contributed by atoms with Crippen LogP contribution >= 0.6 is 7.82 Å². The van der Waals surface area contributed by atoms with Crippen LogP contribution in [0.5, 0.6) is 0 Å². The zero-order chi connectivity index (χ0) is 19.9. The normalized spacial score (nSPS) is 14.6. The molecule has 0 aliphatic carbocycles. The van der Waals surface area contributed by atoms with Gasteiger partial charge in [0.05, 0.1) is 23.7 Å². The van der Waals surface area contributed by atoms with Crippen LogP contribution in [-0.2, 0) is 27.7 Å². The smallest absolute Gasteiger partial charge is 0.463 e. The Morgan fingerprint density at radius 2 is 1.44 bits per heavy atom. The van der Waals surface area contributed by atoms with Crippen molar-refractivity contribution in [2.45, 2.75) is 86.4 Å². The number of esters is 1. The summed E-state index contributed by atoms with van der Waals surface area (Å²) < 4.78 is 34.4. The zero-order valence-corrected chi connectivity index (χ0v) is 18.3. The Hall–Kier alpha value is -0.420. The van der Waals surface area contributed by atoms with Crippen LogP contribution in [0.1, 0.15) is 75.2 Å². The van der Waals surface area contributed by atoms with Crippen molar-refractivity contribution in [1.29, 1.82) is 0 Å². The van der Waals surface area contributed by atoms with Crippen molar-refractivity contribution in [3.63, 3.8) is 0 Å². The third kappa shape index (κ3) is 12.6. The molecule has 0 aromatic heterocycles. The van der Waals surface area contributed by atoms with Gasteiger partial charge in [0.15, 0.2) is 0 Å². The highest BCUT2D eigenvalue weighted by molar-refractivity contribution is 7.48. The lowest BCUT2D eigenvalue weighted by Gasteiger charge is -2.30. The largest absolute Gasteiger partial charge is 0.475 e. The molecule has 1 unspecified atom stereocenters. The zero-order valence-electron chi connectivity index (χ0n) is 17.4. The third-order valence-corrected chi connectivity index (χ3v) is 4.97. The van der Waals surface area contributed by atoms with Gasteiger partial charge in [-0.25, -0.2) is 4.57 Å². The van der Waals surface area contributed by atoms with E-state index in [4.69, 9.17) is 18.3 Å². The molecule has 0 aromatic rings. The predicted molar refractivity (Wildman–Crippen MR) is 99.4 cm³/mol. The number of carbonyl (C=O) groups is 1. The molecule has 0 radical (unpaired) electrons. The van der Waals surface area contributed by atoms with Gasteiger partial charge < -0.3 is 4.74 Å². The van der Waals surface area contributed by atoms with Crippen LogP contribution in [0.4, 0.5) is 0 Å². The quantitative estimate of drug-likeness (QED) is 0.289. The van der Waals surface area contributed by atoms with E-state index in [9.17, 15) is 9.36 Å². The molecule has 0 fully saturated rings. The molecule has 0 heterocycles. The molecule has 0 bridgehead atoms. The van der Waals surface area contributed by atoms with Crippen LogP contribution in [0, 0.1) is 11.8 Å². The molecule has 0 amide bonds. The molecule has 25 heavy (non-hydrogen) atoms. The first-order valence-electron chi connectivity index (χ1n) is 9.00. The van der Waals surface area contributed by atoms with E-state index in [1.807, 2.05) is 6.92 Å². The number of phosphoric ester groups is 1. The van der Waals surface area contributed by atoms with Crippen LogP contribution in [0.25, 0.3) is 0 Å². The summed E-state index contributed by atoms with van der Waals surface area (Å²) >= 11 is 0. The van der Waals surface area contributed by atoms with Gasteiger partial charge in [-0.3, -0.25) is 18.4 Å². The summed E-state index contributed by atoms with van der Waals surface area (Å²) in [6.07, 6.45) is 1.52. The van der Waals surface area contributed by atoms with Crippen LogP contribution in [-0.4, -0.2) is 30.4 Å². The van der Waals surface area contributed by atoms with E-state index in [0.717, 1.165) is 12.8 Å². The first-order chi connectivity index (χ1) is 11.2. The number of rotatable bonds is 10. The Labute approximate surface area is 153 Å². The molecule has 0 N–H and O–H groups in total. The van der Waals surface area contributed by atoms with Crippen molar-refractivity contribution in [2.75, 3.05) is 13.2 Å². The average molecular weight is 380 g/mol. The van der Waals surface area contributed by atoms with Crippen LogP contribution in [0.15, 0.2) is 0 Å². The van der Waals surface area contributed by atoms with E-state index >= 15 is 0 Å². The van der Waals surface area contributed by atoms with E-state index in [0.29, 0.717) is 5.92 Å². The minimum absolute atomic E-state index is 0.0123. The molecule has 1 atom stereocenters. The van der Waals surface area contributed by atoms with Crippen molar-refractivity contribution in [3.8, 4) is 0 Å². The molecule has 0 saturated heterocycles. The third-order valence-electron chi connectivity index (χ3n) is 2.93. The van der Waals surface area contributed by atoms with Gasteiger partial charge in [0.25, 0.3) is 0 Å². The maximum absolute atomic E-state index is 12.8. The van der Waals surface area contributed by atoms with Gasteiger partial charge in [-0.15, -0.1) is 0 Å². The Morgan fingerprint density at radius 3 is 1.80 bits per heavy atom. The van der Waals surface area contributed by atoms with Gasteiger partial charge in [-0.2, -0.15) is 0 Å². The number of phosphoric acid groups is 1. The number of ether oxygens (including phenoxy) is 1. The molecular formula is C18H37O6P. The highest BCUT2D eigenvalue weighted by Crippen LogP contribution is 2.55. The monoisotopic (exact) mass is 380 g/mol. The summed E-state index contributed by atoms with van der Waals surface area (Å²) in [5.74, 6) is 0.0564. The Kier molecular flexibility index (Phi) is 9.89. The second-order valence-corrected chi connectivity index (χ2v) is 10.1. The molecule has 6 nitrogen and oxygen atoms in total. The first-order valence-corrected chi connectivity index (χ1v) is 10.5. The van der Waals surface area contributed by atoms with Crippen molar-refractivity contribution in [2.24, 2.45) is 11.8 Å². The molecule has 0 aliphatic heterocycles. The van der Waals surface area contributed by atoms with Gasteiger partial charge in [0, 0.05) is 0 Å². The molecule has 0 spiro atoms. The Balaban J connectivity index is 4.61. The summed E-state index contributed by atoms with van der Waals surface area (Å²) in [5.41, 5.74) is -1.38. The standard InChI is InChI=1S/C18H37O6P/c1-10-15(13-14(2)3)16(19)21-11-12-22-25(20,23-17(4,5)6)24-18(7,8)9/h14-15H,10-13H2,1-9H3. The molecular weight excluding hydrogens is 343 g/mol. The van der Waals surface area contributed by atoms with E-state index in [1.54, 1.807) is 41.5 Å². The molecule has 7 heteroatoms. The topological polar surface area (TPSA) is 71.1 Å². The summed E-state index contributed by atoms with van der Waals surface area (Å²) in [7, 11) is -3.77. The van der Waals surface area contributed by atoms with E-state index in [-0.39, 0.29) is 25.1 Å². The first kappa shape index (κ1) is 24.6. The van der Waals surface area contributed by atoms with Crippen LogP contribution in [0.2, 0.25) is 0 Å². The van der Waals surface area contributed by atoms with E-state index in [1.165, 1.54) is 0 Å². The van der Waals surface area contributed by atoms with Crippen LogP contribution < -0.4 is 0 Å². The minimum Gasteiger partial charge on any atom is -0.463 e. The number of hydrogen-bond donors (Lipinski definition) is 0. The van der Waals surface area contributed by atoms with Gasteiger partial charge in [0.1, 0.15) is 6.61 Å². The van der Waals surface area contributed by atoms with Gasteiger partial charge in [-0.05, 0) is 60.3 Å². The Bertz CT molecular complexity index is 427. The van der Waals surface area contributed by atoms with Gasteiger partial charge in [-0.1, -0.05) is 20.8 Å². The van der Waals surface area contributed by atoms with Crippen molar-refractivity contribution >= 4 is 13.8 Å². The molecule has 0 saturated carbocycles. The Morgan fingerprint density at radius 1 is 0.960 bits per heavy atom. The molecule has 0 aliphatic rings.